The number of hydrogen-bond acceptors (Lipinski definition) is 4. The van der Waals surface area contributed by atoms with Gasteiger partial charge in [0.15, 0.2) is 5.82 Å². The Hall–Kier alpha value is -2.04. The van der Waals surface area contributed by atoms with Crippen molar-refractivity contribution in [1.82, 2.24) is 15.2 Å². The van der Waals surface area contributed by atoms with E-state index in [-0.39, 0.29) is 0 Å². The topological polar surface area (TPSA) is 76.8 Å². The van der Waals surface area contributed by atoms with Gasteiger partial charge in [0, 0.05) is 17.2 Å². The Labute approximate surface area is 100 Å². The van der Waals surface area contributed by atoms with Gasteiger partial charge in [0.05, 0.1) is 7.11 Å². The van der Waals surface area contributed by atoms with Gasteiger partial charge in [-0.3, -0.25) is 5.10 Å². The fraction of sp³-hybridized carbons (Fsp3) is 0.333. The zero-order chi connectivity index (χ0) is 12.4. The van der Waals surface area contributed by atoms with Crippen LogP contribution in [0.15, 0.2) is 18.2 Å². The molecule has 3 N–H and O–H groups in total. The maximum absolute atomic E-state index is 5.91. The molecule has 1 heterocycles. The van der Waals surface area contributed by atoms with Gasteiger partial charge in [-0.05, 0) is 18.2 Å². The molecule has 0 amide bonds. The Balaban J connectivity index is 2.44. The van der Waals surface area contributed by atoms with Crippen molar-refractivity contribution in [3.05, 3.63) is 24.0 Å². The van der Waals surface area contributed by atoms with Crippen LogP contribution in [0.5, 0.6) is 5.75 Å². The predicted octanol–water partition coefficient (Wildman–Crippen LogP) is 2.19. The first-order valence-electron chi connectivity index (χ1n) is 5.48. The van der Waals surface area contributed by atoms with E-state index >= 15 is 0 Å². The largest absolute Gasteiger partial charge is 0.497 e. The first kappa shape index (κ1) is 11.4. The molecule has 0 bridgehead atoms. The number of ether oxygens (including phenoxy) is 1. The second kappa shape index (κ2) is 4.45. The van der Waals surface area contributed by atoms with E-state index in [1.54, 1.807) is 13.2 Å². The third kappa shape index (κ3) is 2.22. The van der Waals surface area contributed by atoms with Crippen LogP contribution in [0.1, 0.15) is 25.6 Å². The van der Waals surface area contributed by atoms with Gasteiger partial charge in [-0.25, -0.2) is 4.98 Å². The van der Waals surface area contributed by atoms with Gasteiger partial charge in [0.25, 0.3) is 0 Å². The highest BCUT2D eigenvalue weighted by Crippen LogP contribution is 2.27. The molecule has 0 atom stereocenters. The summed E-state index contributed by atoms with van der Waals surface area (Å²) in [4.78, 5) is 4.41. The van der Waals surface area contributed by atoms with Gasteiger partial charge in [-0.2, -0.15) is 5.10 Å². The summed E-state index contributed by atoms with van der Waals surface area (Å²) in [6, 6.07) is 5.44. The van der Waals surface area contributed by atoms with Crippen LogP contribution in [0.2, 0.25) is 0 Å². The molecule has 0 aliphatic rings. The Kier molecular flexibility index (Phi) is 2.99. The van der Waals surface area contributed by atoms with E-state index in [1.807, 2.05) is 12.1 Å². The van der Waals surface area contributed by atoms with Crippen molar-refractivity contribution in [3.8, 4) is 17.1 Å². The number of nitrogen functional groups attached to an aromatic ring is 1. The molecular formula is C12H16N4O. The number of benzene rings is 1. The molecule has 2 rings (SSSR count). The minimum atomic E-state index is 0.308. The van der Waals surface area contributed by atoms with Crippen molar-refractivity contribution in [2.75, 3.05) is 12.8 Å². The molecule has 5 nitrogen and oxygen atoms in total. The fourth-order valence-electron chi connectivity index (χ4n) is 1.51. The second-order valence-corrected chi connectivity index (χ2v) is 4.15. The summed E-state index contributed by atoms with van der Waals surface area (Å²) in [5.74, 6) is 2.50. The molecule has 1 aromatic heterocycles. The number of methoxy groups -OCH3 is 1. The standard InChI is InChI=1S/C12H16N4O/c1-7(2)11-14-12(16-15-11)9-6-8(17-3)4-5-10(9)13/h4-7H,13H2,1-3H3,(H,14,15,16). The summed E-state index contributed by atoms with van der Waals surface area (Å²) in [5.41, 5.74) is 7.34. The zero-order valence-electron chi connectivity index (χ0n) is 10.2. The maximum Gasteiger partial charge on any atom is 0.183 e. The summed E-state index contributed by atoms with van der Waals surface area (Å²) < 4.78 is 5.16. The highest BCUT2D eigenvalue weighted by atomic mass is 16.5. The molecule has 0 saturated heterocycles. The first-order valence-corrected chi connectivity index (χ1v) is 5.48. The van der Waals surface area contributed by atoms with Crippen molar-refractivity contribution in [1.29, 1.82) is 0 Å². The highest BCUT2D eigenvalue weighted by Gasteiger charge is 2.11. The summed E-state index contributed by atoms with van der Waals surface area (Å²) in [6.07, 6.45) is 0. The highest BCUT2D eigenvalue weighted by molar-refractivity contribution is 5.72. The molecule has 90 valence electrons. The number of aromatic nitrogens is 3. The van der Waals surface area contributed by atoms with Gasteiger partial charge < -0.3 is 10.5 Å². The average molecular weight is 232 g/mol. The van der Waals surface area contributed by atoms with Gasteiger partial charge in [0.1, 0.15) is 11.6 Å². The van der Waals surface area contributed by atoms with E-state index in [1.165, 1.54) is 0 Å². The van der Waals surface area contributed by atoms with Gasteiger partial charge in [-0.1, -0.05) is 13.8 Å². The van der Waals surface area contributed by atoms with E-state index in [0.29, 0.717) is 17.4 Å². The third-order valence-corrected chi connectivity index (χ3v) is 2.55. The number of nitrogens with one attached hydrogen (secondary N) is 1. The molecule has 0 unspecified atom stereocenters. The lowest BCUT2D eigenvalue weighted by atomic mass is 10.1. The first-order chi connectivity index (χ1) is 8.11. The number of anilines is 1. The zero-order valence-corrected chi connectivity index (χ0v) is 10.2. The van der Waals surface area contributed by atoms with Crippen LogP contribution in [0.25, 0.3) is 11.4 Å². The molecule has 0 aliphatic carbocycles. The lowest BCUT2D eigenvalue weighted by molar-refractivity contribution is 0.415. The van der Waals surface area contributed by atoms with E-state index < -0.39 is 0 Å². The number of hydrogen-bond donors (Lipinski definition) is 2. The Morgan fingerprint density at radius 3 is 2.71 bits per heavy atom. The normalized spacial score (nSPS) is 10.8. The number of nitrogens with zero attached hydrogens (tertiary/aromatic N) is 2. The van der Waals surface area contributed by atoms with Gasteiger partial charge >= 0.3 is 0 Å². The van der Waals surface area contributed by atoms with Crippen LogP contribution in [-0.4, -0.2) is 22.3 Å². The van der Waals surface area contributed by atoms with Crippen molar-refractivity contribution in [3.63, 3.8) is 0 Å². The molecule has 0 radical (unpaired) electrons. The van der Waals surface area contributed by atoms with Crippen molar-refractivity contribution < 1.29 is 4.74 Å². The predicted molar refractivity (Wildman–Crippen MR) is 66.9 cm³/mol. The molecule has 0 aliphatic heterocycles. The second-order valence-electron chi connectivity index (χ2n) is 4.15. The van der Waals surface area contributed by atoms with E-state index in [2.05, 4.69) is 29.0 Å². The summed E-state index contributed by atoms with van der Waals surface area (Å²) in [5, 5.41) is 7.08. The van der Waals surface area contributed by atoms with Crippen LogP contribution < -0.4 is 10.5 Å². The summed E-state index contributed by atoms with van der Waals surface area (Å²) >= 11 is 0. The molecular weight excluding hydrogens is 216 g/mol. The molecule has 5 heteroatoms. The quantitative estimate of drug-likeness (QED) is 0.795. The molecule has 17 heavy (non-hydrogen) atoms. The van der Waals surface area contributed by atoms with Gasteiger partial charge in [-0.15, -0.1) is 0 Å². The van der Waals surface area contributed by atoms with E-state index in [0.717, 1.165) is 17.1 Å². The van der Waals surface area contributed by atoms with Crippen molar-refractivity contribution in [2.45, 2.75) is 19.8 Å². The molecule has 0 fully saturated rings. The minimum Gasteiger partial charge on any atom is -0.497 e. The molecule has 2 aromatic rings. The number of rotatable bonds is 3. The number of aromatic amines is 1. The average Bonchev–Trinajstić information content (AvgIpc) is 2.79. The fourth-order valence-corrected chi connectivity index (χ4v) is 1.51. The van der Waals surface area contributed by atoms with E-state index in [4.69, 9.17) is 10.5 Å². The number of nitrogens with two attached hydrogens (primary N) is 1. The minimum absolute atomic E-state index is 0.308. The Morgan fingerprint density at radius 1 is 1.35 bits per heavy atom. The summed E-state index contributed by atoms with van der Waals surface area (Å²) in [7, 11) is 1.62. The van der Waals surface area contributed by atoms with Crippen molar-refractivity contribution >= 4 is 5.69 Å². The smallest absolute Gasteiger partial charge is 0.183 e. The van der Waals surface area contributed by atoms with Gasteiger partial charge in [0.2, 0.25) is 0 Å². The molecule has 1 aromatic carbocycles. The molecule has 0 saturated carbocycles. The Bertz CT molecular complexity index is 519. The van der Waals surface area contributed by atoms with Crippen molar-refractivity contribution in [2.24, 2.45) is 0 Å². The lowest BCUT2D eigenvalue weighted by Gasteiger charge is -2.04. The summed E-state index contributed by atoms with van der Waals surface area (Å²) in [6.45, 7) is 4.11. The SMILES string of the molecule is COc1ccc(N)c(-c2n[nH]c(C(C)C)n2)c1. The van der Waals surface area contributed by atoms with Crippen LogP contribution in [0, 0.1) is 0 Å². The van der Waals surface area contributed by atoms with Crippen LogP contribution in [0.3, 0.4) is 0 Å². The maximum atomic E-state index is 5.91. The number of H-pyrrole nitrogens is 1. The lowest BCUT2D eigenvalue weighted by Crippen LogP contribution is -1.93. The third-order valence-electron chi connectivity index (χ3n) is 2.55. The Morgan fingerprint density at radius 2 is 2.12 bits per heavy atom. The van der Waals surface area contributed by atoms with Crippen LogP contribution in [-0.2, 0) is 0 Å². The monoisotopic (exact) mass is 232 g/mol. The van der Waals surface area contributed by atoms with E-state index in [9.17, 15) is 0 Å². The van der Waals surface area contributed by atoms with Crippen LogP contribution >= 0.6 is 0 Å². The molecule has 0 spiro atoms. The van der Waals surface area contributed by atoms with Crippen LogP contribution in [0.4, 0.5) is 5.69 Å².